The third-order valence-electron chi connectivity index (χ3n) is 5.95. The number of hydrogen-bond acceptors (Lipinski definition) is 7. The van der Waals surface area contributed by atoms with Crippen LogP contribution in [0, 0.1) is 0 Å². The number of esters is 1. The second-order valence-corrected chi connectivity index (χ2v) is 9.63. The largest absolute Gasteiger partial charge is 0.496 e. The monoisotopic (exact) mass is 556 g/mol. The van der Waals surface area contributed by atoms with Crippen LogP contribution in [0.25, 0.3) is 0 Å². The number of rotatable bonds is 10. The fraction of sp³-hybridized carbons (Fsp3) is 0.129. The molecule has 8 nitrogen and oxygen atoms in total. The molecule has 0 aromatic heterocycles. The number of carbonyl (C=O) groups excluding carboxylic acids is 3. The van der Waals surface area contributed by atoms with Crippen molar-refractivity contribution in [2.75, 3.05) is 32.0 Å². The minimum atomic E-state index is -0.620. The van der Waals surface area contributed by atoms with E-state index in [1.165, 1.54) is 33.1 Å². The molecule has 0 heterocycles. The molecule has 0 saturated carbocycles. The second-order valence-electron chi connectivity index (χ2n) is 8.45. The molecule has 4 aromatic carbocycles. The van der Waals surface area contributed by atoms with E-state index >= 15 is 0 Å². The van der Waals surface area contributed by atoms with Gasteiger partial charge in [-0.05, 0) is 54.1 Å². The first-order valence-corrected chi connectivity index (χ1v) is 13.1. The lowest BCUT2D eigenvalue weighted by Crippen LogP contribution is -2.20. The van der Waals surface area contributed by atoms with Gasteiger partial charge < -0.3 is 24.8 Å². The molecular formula is C31H28N2O6S. The quantitative estimate of drug-likeness (QED) is 0.177. The van der Waals surface area contributed by atoms with E-state index in [1.807, 2.05) is 42.5 Å². The van der Waals surface area contributed by atoms with Gasteiger partial charge in [0.2, 0.25) is 5.91 Å². The van der Waals surface area contributed by atoms with E-state index in [4.69, 9.17) is 14.2 Å². The fourth-order valence-electron chi connectivity index (χ4n) is 4.00. The van der Waals surface area contributed by atoms with Crippen LogP contribution in [-0.4, -0.2) is 39.1 Å². The van der Waals surface area contributed by atoms with Crippen LogP contribution in [0.15, 0.2) is 102 Å². The third kappa shape index (κ3) is 6.62. The number of para-hydroxylation sites is 1. The Morgan fingerprint density at radius 1 is 0.700 bits per heavy atom. The maximum absolute atomic E-state index is 13.5. The zero-order valence-electron chi connectivity index (χ0n) is 22.2. The highest BCUT2D eigenvalue weighted by Crippen LogP contribution is 2.37. The first-order chi connectivity index (χ1) is 19.4. The highest BCUT2D eigenvalue weighted by Gasteiger charge is 2.24. The SMILES string of the molecule is COC(=O)c1ccccc1NC(=O)C(Sc1ccc(NC(=O)c2c(OC)cccc2OC)cc1)c1ccccc1. The molecule has 9 heteroatoms. The smallest absolute Gasteiger partial charge is 0.339 e. The molecule has 0 aliphatic carbocycles. The van der Waals surface area contributed by atoms with Crippen molar-refractivity contribution in [3.8, 4) is 11.5 Å². The zero-order valence-corrected chi connectivity index (χ0v) is 23.0. The average molecular weight is 557 g/mol. The molecule has 4 rings (SSSR count). The van der Waals surface area contributed by atoms with Crippen molar-refractivity contribution in [2.45, 2.75) is 10.1 Å². The molecule has 0 fully saturated rings. The van der Waals surface area contributed by atoms with Crippen molar-refractivity contribution < 1.29 is 28.6 Å². The number of benzene rings is 4. The molecule has 204 valence electrons. The van der Waals surface area contributed by atoms with Crippen LogP contribution in [0.4, 0.5) is 11.4 Å². The van der Waals surface area contributed by atoms with Gasteiger partial charge in [-0.3, -0.25) is 9.59 Å². The van der Waals surface area contributed by atoms with Crippen molar-refractivity contribution in [3.05, 3.63) is 114 Å². The van der Waals surface area contributed by atoms with E-state index < -0.39 is 11.2 Å². The summed E-state index contributed by atoms with van der Waals surface area (Å²) in [6.45, 7) is 0. The minimum Gasteiger partial charge on any atom is -0.496 e. The van der Waals surface area contributed by atoms with Gasteiger partial charge in [0.1, 0.15) is 22.3 Å². The van der Waals surface area contributed by atoms with Gasteiger partial charge in [0.25, 0.3) is 5.91 Å². The number of nitrogens with one attached hydrogen (secondary N) is 2. The normalized spacial score (nSPS) is 11.2. The van der Waals surface area contributed by atoms with E-state index in [0.717, 1.165) is 10.5 Å². The number of amides is 2. The summed E-state index contributed by atoms with van der Waals surface area (Å²) in [4.78, 5) is 39.5. The van der Waals surface area contributed by atoms with Gasteiger partial charge >= 0.3 is 5.97 Å². The second kappa shape index (κ2) is 13.3. The Hall–Kier alpha value is -4.76. The molecule has 0 spiro atoms. The number of methoxy groups -OCH3 is 3. The van der Waals surface area contributed by atoms with Gasteiger partial charge in [0, 0.05) is 10.6 Å². The summed E-state index contributed by atoms with van der Waals surface area (Å²) in [6, 6.07) is 28.3. The summed E-state index contributed by atoms with van der Waals surface area (Å²) >= 11 is 1.34. The van der Waals surface area contributed by atoms with Gasteiger partial charge in [-0.1, -0.05) is 48.5 Å². The maximum atomic E-state index is 13.5. The Labute approximate surface area is 236 Å². The molecule has 2 amide bonds. The fourth-order valence-corrected chi connectivity index (χ4v) is 5.03. The first-order valence-electron chi connectivity index (χ1n) is 12.3. The Kier molecular flexibility index (Phi) is 9.43. The molecule has 1 atom stereocenters. The lowest BCUT2D eigenvalue weighted by atomic mass is 10.1. The van der Waals surface area contributed by atoms with Crippen molar-refractivity contribution in [2.24, 2.45) is 0 Å². The molecule has 0 saturated heterocycles. The number of hydrogen-bond donors (Lipinski definition) is 2. The van der Waals surface area contributed by atoms with E-state index in [9.17, 15) is 14.4 Å². The van der Waals surface area contributed by atoms with Crippen LogP contribution in [0.1, 0.15) is 31.5 Å². The molecule has 2 N–H and O–H groups in total. The van der Waals surface area contributed by atoms with Crippen LogP contribution in [0.2, 0.25) is 0 Å². The number of carbonyl (C=O) groups is 3. The highest BCUT2D eigenvalue weighted by molar-refractivity contribution is 8.00. The molecule has 0 radical (unpaired) electrons. The van der Waals surface area contributed by atoms with Crippen LogP contribution in [0.5, 0.6) is 11.5 Å². The van der Waals surface area contributed by atoms with E-state index in [2.05, 4.69) is 10.6 Å². The number of thioether (sulfide) groups is 1. The Balaban J connectivity index is 1.54. The van der Waals surface area contributed by atoms with Gasteiger partial charge in [0.05, 0.1) is 32.6 Å². The molecule has 40 heavy (non-hydrogen) atoms. The maximum Gasteiger partial charge on any atom is 0.339 e. The lowest BCUT2D eigenvalue weighted by Gasteiger charge is -2.18. The molecule has 4 aromatic rings. The summed E-state index contributed by atoms with van der Waals surface area (Å²) < 4.78 is 15.5. The molecule has 0 aliphatic heterocycles. The molecule has 0 bridgehead atoms. The van der Waals surface area contributed by atoms with Crippen LogP contribution < -0.4 is 20.1 Å². The highest BCUT2D eigenvalue weighted by atomic mass is 32.2. The predicted octanol–water partition coefficient (Wildman–Crippen LogP) is 6.21. The summed E-state index contributed by atoms with van der Waals surface area (Å²) in [7, 11) is 4.28. The molecule has 0 aliphatic rings. The Morgan fingerprint density at radius 2 is 1.32 bits per heavy atom. The van der Waals surface area contributed by atoms with Gasteiger partial charge in [-0.25, -0.2) is 4.79 Å². The van der Waals surface area contributed by atoms with Gasteiger partial charge in [-0.15, -0.1) is 11.8 Å². The summed E-state index contributed by atoms with van der Waals surface area (Å²) in [5, 5.41) is 5.13. The predicted molar refractivity (Wildman–Crippen MR) is 155 cm³/mol. The minimum absolute atomic E-state index is 0.266. The lowest BCUT2D eigenvalue weighted by molar-refractivity contribution is -0.115. The molecular weight excluding hydrogens is 528 g/mol. The summed E-state index contributed by atoms with van der Waals surface area (Å²) in [5.41, 5.74) is 2.28. The number of ether oxygens (including phenoxy) is 3. The van der Waals surface area contributed by atoms with Crippen molar-refractivity contribution in [1.82, 2.24) is 0 Å². The zero-order chi connectivity index (χ0) is 28.5. The van der Waals surface area contributed by atoms with E-state index in [1.54, 1.807) is 54.6 Å². The van der Waals surface area contributed by atoms with Crippen LogP contribution >= 0.6 is 11.8 Å². The van der Waals surface area contributed by atoms with Gasteiger partial charge in [0.15, 0.2) is 0 Å². The Morgan fingerprint density at radius 3 is 1.95 bits per heavy atom. The third-order valence-corrected chi connectivity index (χ3v) is 7.22. The van der Waals surface area contributed by atoms with Crippen molar-refractivity contribution in [1.29, 1.82) is 0 Å². The van der Waals surface area contributed by atoms with Gasteiger partial charge in [-0.2, -0.15) is 0 Å². The number of anilines is 2. The molecule has 1 unspecified atom stereocenters. The van der Waals surface area contributed by atoms with Crippen molar-refractivity contribution in [3.63, 3.8) is 0 Å². The van der Waals surface area contributed by atoms with E-state index in [-0.39, 0.29) is 17.4 Å². The van der Waals surface area contributed by atoms with Crippen LogP contribution in [0.3, 0.4) is 0 Å². The van der Waals surface area contributed by atoms with Crippen LogP contribution in [-0.2, 0) is 9.53 Å². The topological polar surface area (TPSA) is 103 Å². The van der Waals surface area contributed by atoms with E-state index in [0.29, 0.717) is 28.4 Å². The Bertz CT molecular complexity index is 1470. The summed E-state index contributed by atoms with van der Waals surface area (Å²) in [5.74, 6) is -0.416. The standard InChI is InChI=1S/C31H28N2O6S/c1-37-25-14-9-15-26(38-2)27(25)29(34)32-21-16-18-22(19-17-21)40-28(20-10-5-4-6-11-20)30(35)33-24-13-8-7-12-23(24)31(36)39-3/h4-19,28H,1-3H3,(H,32,34)(H,33,35). The first kappa shape index (κ1) is 28.3. The summed E-state index contributed by atoms with van der Waals surface area (Å²) in [6.07, 6.45) is 0. The average Bonchev–Trinajstić information content (AvgIpc) is 3.00. The van der Waals surface area contributed by atoms with Crippen molar-refractivity contribution >= 4 is 40.9 Å².